The predicted molar refractivity (Wildman–Crippen MR) is 63.5 cm³/mol. The van der Waals surface area contributed by atoms with Crippen molar-refractivity contribution in [2.24, 2.45) is 10.8 Å². The molecule has 0 N–H and O–H groups in total. The second-order valence-electron chi connectivity index (χ2n) is 5.90. The first-order valence-corrected chi connectivity index (χ1v) is 6.47. The van der Waals surface area contributed by atoms with E-state index in [0.717, 1.165) is 24.8 Å². The normalized spacial score (nSPS) is 44.2. The van der Waals surface area contributed by atoms with E-state index < -0.39 is 0 Å². The van der Waals surface area contributed by atoms with Gasteiger partial charge in [0, 0.05) is 18.9 Å². The molecule has 3 aliphatic rings. The standard InChI is InChI=1S/C14H20O3/c1-10-12(15)8-13-4-3-5-14(10,13)7-11(6-13)17-9-16-2/h11H,1,3-9H2,2H3. The second-order valence-corrected chi connectivity index (χ2v) is 5.90. The average molecular weight is 236 g/mol. The number of ketones is 1. The fourth-order valence-electron chi connectivity index (χ4n) is 4.63. The molecular formula is C14H20O3. The van der Waals surface area contributed by atoms with E-state index in [2.05, 4.69) is 6.58 Å². The van der Waals surface area contributed by atoms with Gasteiger partial charge >= 0.3 is 0 Å². The molecule has 0 bridgehead atoms. The van der Waals surface area contributed by atoms with Gasteiger partial charge in [-0.3, -0.25) is 4.79 Å². The molecule has 94 valence electrons. The van der Waals surface area contributed by atoms with Crippen molar-refractivity contribution in [2.45, 2.75) is 44.6 Å². The lowest BCUT2D eigenvalue weighted by molar-refractivity contribution is -0.116. The van der Waals surface area contributed by atoms with E-state index in [1.165, 1.54) is 12.8 Å². The van der Waals surface area contributed by atoms with E-state index in [9.17, 15) is 4.79 Å². The number of carbonyl (C=O) groups excluding carboxylic acids is 1. The maximum Gasteiger partial charge on any atom is 0.159 e. The molecule has 0 aromatic heterocycles. The summed E-state index contributed by atoms with van der Waals surface area (Å²) in [6, 6.07) is 0. The molecule has 0 saturated heterocycles. The zero-order chi connectivity index (χ0) is 12.1. The zero-order valence-corrected chi connectivity index (χ0v) is 10.5. The average Bonchev–Trinajstić information content (AvgIpc) is 2.82. The maximum absolute atomic E-state index is 11.9. The molecule has 3 atom stereocenters. The van der Waals surface area contributed by atoms with Crippen LogP contribution in [0, 0.1) is 10.8 Å². The molecule has 3 saturated carbocycles. The van der Waals surface area contributed by atoms with E-state index >= 15 is 0 Å². The number of Topliss-reactive ketones (excluding diaryl/α,β-unsaturated/α-hetero) is 1. The molecule has 3 aliphatic carbocycles. The van der Waals surface area contributed by atoms with Crippen LogP contribution in [-0.4, -0.2) is 25.8 Å². The maximum atomic E-state index is 11.9. The highest BCUT2D eigenvalue weighted by Gasteiger charge is 2.67. The van der Waals surface area contributed by atoms with Gasteiger partial charge in [0.2, 0.25) is 0 Å². The number of hydrogen-bond acceptors (Lipinski definition) is 3. The largest absolute Gasteiger partial charge is 0.359 e. The Hall–Kier alpha value is -0.670. The molecule has 0 radical (unpaired) electrons. The highest BCUT2D eigenvalue weighted by molar-refractivity contribution is 6.00. The van der Waals surface area contributed by atoms with Crippen LogP contribution >= 0.6 is 0 Å². The monoisotopic (exact) mass is 236 g/mol. The van der Waals surface area contributed by atoms with Crippen LogP contribution < -0.4 is 0 Å². The van der Waals surface area contributed by atoms with Crippen LogP contribution in [0.5, 0.6) is 0 Å². The van der Waals surface area contributed by atoms with Gasteiger partial charge in [-0.05, 0) is 36.7 Å². The summed E-state index contributed by atoms with van der Waals surface area (Å²) in [5, 5.41) is 0. The van der Waals surface area contributed by atoms with Crippen LogP contribution in [0.1, 0.15) is 38.5 Å². The van der Waals surface area contributed by atoms with Gasteiger partial charge in [0.15, 0.2) is 5.78 Å². The van der Waals surface area contributed by atoms with Gasteiger partial charge in [-0.25, -0.2) is 0 Å². The minimum Gasteiger partial charge on any atom is -0.359 e. The first-order chi connectivity index (χ1) is 8.13. The molecule has 3 fully saturated rings. The molecule has 3 nitrogen and oxygen atoms in total. The molecule has 0 amide bonds. The lowest BCUT2D eigenvalue weighted by Crippen LogP contribution is -2.26. The highest BCUT2D eigenvalue weighted by Crippen LogP contribution is 2.71. The smallest absolute Gasteiger partial charge is 0.159 e. The Bertz CT molecular complexity index is 376. The first kappa shape index (κ1) is 11.4. The van der Waals surface area contributed by atoms with E-state index in [1.54, 1.807) is 7.11 Å². The molecular weight excluding hydrogens is 216 g/mol. The Morgan fingerprint density at radius 1 is 1.41 bits per heavy atom. The van der Waals surface area contributed by atoms with Gasteiger partial charge < -0.3 is 9.47 Å². The lowest BCUT2D eigenvalue weighted by atomic mass is 9.69. The third kappa shape index (κ3) is 1.33. The third-order valence-corrected chi connectivity index (χ3v) is 5.30. The molecule has 0 aliphatic heterocycles. The Labute approximate surface area is 102 Å². The summed E-state index contributed by atoms with van der Waals surface area (Å²) in [5.74, 6) is 0.301. The summed E-state index contributed by atoms with van der Waals surface area (Å²) >= 11 is 0. The Kier molecular flexibility index (Phi) is 2.46. The number of allylic oxidation sites excluding steroid dienone is 1. The minimum absolute atomic E-state index is 0.0719. The van der Waals surface area contributed by atoms with E-state index in [4.69, 9.17) is 9.47 Å². The summed E-state index contributed by atoms with van der Waals surface area (Å²) in [6.45, 7) is 4.44. The summed E-state index contributed by atoms with van der Waals surface area (Å²) in [4.78, 5) is 11.9. The first-order valence-electron chi connectivity index (χ1n) is 6.47. The van der Waals surface area contributed by atoms with Crippen LogP contribution in [0.4, 0.5) is 0 Å². The van der Waals surface area contributed by atoms with Gasteiger partial charge in [-0.1, -0.05) is 13.0 Å². The molecule has 3 heteroatoms. The SMILES string of the molecule is C=C1C(=O)CC23CCCC12CC(OCOC)C3. The lowest BCUT2D eigenvalue weighted by Gasteiger charge is -2.33. The van der Waals surface area contributed by atoms with Gasteiger partial charge in [-0.15, -0.1) is 0 Å². The number of methoxy groups -OCH3 is 1. The summed E-state index contributed by atoms with van der Waals surface area (Å²) < 4.78 is 10.7. The fourth-order valence-corrected chi connectivity index (χ4v) is 4.63. The number of ether oxygens (including phenoxy) is 2. The van der Waals surface area contributed by atoms with Gasteiger partial charge in [0.25, 0.3) is 0 Å². The van der Waals surface area contributed by atoms with Gasteiger partial charge in [0.1, 0.15) is 6.79 Å². The van der Waals surface area contributed by atoms with Crippen molar-refractivity contribution in [2.75, 3.05) is 13.9 Å². The molecule has 0 spiro atoms. The third-order valence-electron chi connectivity index (χ3n) is 5.30. The summed E-state index contributed by atoms with van der Waals surface area (Å²) in [7, 11) is 1.65. The molecule has 0 aromatic carbocycles. The van der Waals surface area contributed by atoms with Gasteiger partial charge in [-0.2, -0.15) is 0 Å². The van der Waals surface area contributed by atoms with Crippen molar-refractivity contribution in [3.05, 3.63) is 12.2 Å². The van der Waals surface area contributed by atoms with Gasteiger partial charge in [0.05, 0.1) is 6.10 Å². The predicted octanol–water partition coefficient (Wildman–Crippen LogP) is 2.46. The van der Waals surface area contributed by atoms with Crippen LogP contribution in [0.25, 0.3) is 0 Å². The fraction of sp³-hybridized carbons (Fsp3) is 0.786. The molecule has 3 unspecified atom stereocenters. The van der Waals surface area contributed by atoms with Crippen molar-refractivity contribution in [1.29, 1.82) is 0 Å². The Balaban J connectivity index is 1.86. The van der Waals surface area contributed by atoms with E-state index in [1.807, 2.05) is 0 Å². The number of hydrogen-bond donors (Lipinski definition) is 0. The highest BCUT2D eigenvalue weighted by atomic mass is 16.7. The molecule has 3 rings (SSSR count). The number of carbonyl (C=O) groups is 1. The topological polar surface area (TPSA) is 35.5 Å². The molecule has 17 heavy (non-hydrogen) atoms. The second kappa shape index (κ2) is 3.66. The van der Waals surface area contributed by atoms with E-state index in [-0.39, 0.29) is 16.9 Å². The number of rotatable bonds is 3. The van der Waals surface area contributed by atoms with Crippen LogP contribution in [0.15, 0.2) is 12.2 Å². The Morgan fingerprint density at radius 3 is 2.94 bits per heavy atom. The van der Waals surface area contributed by atoms with Crippen molar-refractivity contribution < 1.29 is 14.3 Å². The molecule has 0 heterocycles. The van der Waals surface area contributed by atoms with Crippen LogP contribution in [0.2, 0.25) is 0 Å². The minimum atomic E-state index is 0.0719. The van der Waals surface area contributed by atoms with Crippen molar-refractivity contribution in [1.82, 2.24) is 0 Å². The quantitative estimate of drug-likeness (QED) is 0.558. The molecule has 0 aromatic rings. The summed E-state index contributed by atoms with van der Waals surface area (Å²) in [5.41, 5.74) is 1.14. The van der Waals surface area contributed by atoms with Crippen LogP contribution in [-0.2, 0) is 14.3 Å². The Morgan fingerprint density at radius 2 is 2.24 bits per heavy atom. The van der Waals surface area contributed by atoms with Crippen molar-refractivity contribution in [3.63, 3.8) is 0 Å². The van der Waals surface area contributed by atoms with Crippen molar-refractivity contribution >= 4 is 5.78 Å². The van der Waals surface area contributed by atoms with Crippen LogP contribution in [0.3, 0.4) is 0 Å². The summed E-state index contributed by atoms with van der Waals surface area (Å²) in [6.07, 6.45) is 6.49. The van der Waals surface area contributed by atoms with E-state index in [0.29, 0.717) is 19.0 Å². The zero-order valence-electron chi connectivity index (χ0n) is 10.5. The van der Waals surface area contributed by atoms with Crippen molar-refractivity contribution in [3.8, 4) is 0 Å².